The number of hydrogen-bond acceptors (Lipinski definition) is 21. The van der Waals surface area contributed by atoms with Crippen LogP contribution in [0, 0.1) is 11.8 Å². The van der Waals surface area contributed by atoms with Crippen molar-refractivity contribution in [2.24, 2.45) is 67.7 Å². The number of pyridine rings is 1. The number of aromatic nitrogens is 1. The van der Waals surface area contributed by atoms with Crippen molar-refractivity contribution in [2.45, 2.75) is 192 Å². The van der Waals surface area contributed by atoms with Crippen LogP contribution in [-0.2, 0) is 57.5 Å². The molecule has 0 saturated carbocycles. The summed E-state index contributed by atoms with van der Waals surface area (Å²) in [6.45, 7) is 7.73. The zero-order chi connectivity index (χ0) is 80.4. The summed E-state index contributed by atoms with van der Waals surface area (Å²) in [5.41, 5.74) is 47.0. The molecule has 0 saturated heterocycles. The number of unbranched alkanes of at least 4 members (excludes halogenated alkanes) is 4. The van der Waals surface area contributed by atoms with Gasteiger partial charge in [0.15, 0.2) is 11.9 Å². The van der Waals surface area contributed by atoms with Crippen LogP contribution in [0.15, 0.2) is 52.4 Å². The molecule has 0 unspecified atom stereocenters. The van der Waals surface area contributed by atoms with E-state index in [2.05, 4.69) is 63.2 Å². The maximum atomic E-state index is 14.1. The summed E-state index contributed by atoms with van der Waals surface area (Å²) in [6, 6.07) is 2.77. The second-order valence-electron chi connectivity index (χ2n) is 27.5. The lowest BCUT2D eigenvalue weighted by Crippen LogP contribution is -2.58. The first-order valence-electron chi connectivity index (χ1n) is 36.9. The second-order valence-corrected chi connectivity index (χ2v) is 27.5. The van der Waals surface area contributed by atoms with Gasteiger partial charge in [0.1, 0.15) is 48.3 Å². The number of carboxylic acid groups (broad SMARTS) is 2. The van der Waals surface area contributed by atoms with Gasteiger partial charge in [-0.1, -0.05) is 39.8 Å². The zero-order valence-electron chi connectivity index (χ0n) is 63.3. The number of carbonyl (C=O) groups is 12. The summed E-state index contributed by atoms with van der Waals surface area (Å²) in [4.78, 5) is 177. The maximum Gasteiger partial charge on any atom is 0.326 e. The quantitative estimate of drug-likeness (QED) is 0.0124. The summed E-state index contributed by atoms with van der Waals surface area (Å²) in [5.74, 6) is -9.97. The Morgan fingerprint density at radius 2 is 0.685 bits per heavy atom. The van der Waals surface area contributed by atoms with Crippen LogP contribution in [0.2, 0.25) is 0 Å². The van der Waals surface area contributed by atoms with Gasteiger partial charge in [0.05, 0.1) is 24.1 Å². The Bertz CT molecular complexity index is 3280. The van der Waals surface area contributed by atoms with E-state index in [4.69, 9.17) is 50.9 Å². The van der Waals surface area contributed by atoms with Crippen molar-refractivity contribution in [3.05, 3.63) is 42.5 Å². The number of guanidine groups is 2. The van der Waals surface area contributed by atoms with Gasteiger partial charge in [-0.2, -0.15) is 0 Å². The number of carboxylic acids is 2. The Morgan fingerprint density at radius 1 is 0.398 bits per heavy atom. The Hall–Kier alpha value is -9.95. The highest BCUT2D eigenvalue weighted by atomic mass is 16.4. The summed E-state index contributed by atoms with van der Waals surface area (Å²) in [5, 5.41) is 48.1. The van der Waals surface area contributed by atoms with E-state index in [1.807, 2.05) is 6.07 Å². The Balaban J connectivity index is 1.68. The van der Waals surface area contributed by atoms with Crippen LogP contribution in [0.3, 0.4) is 0 Å². The largest absolute Gasteiger partial charge is 0.480 e. The predicted molar refractivity (Wildman–Crippen MR) is 413 cm³/mol. The SMILES string of the molecule is CC(C)[C@H](NC(=O)[C@H](CCCCN)NC(=O)[C@H](CCCCN)NC(=O)[C@H](CCCN=C(N)N)NC(=O)CN(C)CCC(=O)Nc1ccc2cc3ccc(NC(=O)CCN(C)CC(=O)N[C@@H](CCCN=C(N)N)C(=O)N[C@@H](CCCCN)C(=O)N[C@@H](CCCCN)C(=O)N[C@H](C(=O)O)C(C)C)cc3nc2c1)C(=O)O. The van der Waals surface area contributed by atoms with Crippen LogP contribution in [0.25, 0.3) is 21.8 Å². The molecule has 0 spiro atoms. The monoisotopic (exact) mass is 1520 g/mol. The molecule has 3 aromatic rings. The number of amides is 10. The molecular formula is C71H119N23O14. The molecule has 10 amide bonds. The highest BCUT2D eigenvalue weighted by Crippen LogP contribution is 2.26. The van der Waals surface area contributed by atoms with Crippen molar-refractivity contribution >= 4 is 116 Å². The number of hydrogen-bond donors (Lipinski definition) is 20. The molecule has 602 valence electrons. The third kappa shape index (κ3) is 35.6. The van der Waals surface area contributed by atoms with E-state index < -0.39 is 119 Å². The molecule has 3 rings (SSSR count). The van der Waals surface area contributed by atoms with E-state index in [0.717, 1.165) is 10.8 Å². The van der Waals surface area contributed by atoms with Crippen LogP contribution in [0.4, 0.5) is 11.4 Å². The van der Waals surface area contributed by atoms with E-state index in [0.29, 0.717) is 100.0 Å². The second kappa shape index (κ2) is 49.8. The average Bonchev–Trinajstić information content (AvgIpc) is 0.790. The van der Waals surface area contributed by atoms with Crippen molar-refractivity contribution in [1.29, 1.82) is 0 Å². The van der Waals surface area contributed by atoms with Gasteiger partial charge in [-0.05, 0) is 185 Å². The van der Waals surface area contributed by atoms with Gasteiger partial charge in [-0.3, -0.25) is 67.7 Å². The molecule has 0 aliphatic heterocycles. The number of aliphatic imine (C=N–C) groups is 2. The first-order chi connectivity index (χ1) is 51.3. The number of aliphatic carboxylic acids is 2. The summed E-state index contributed by atoms with van der Waals surface area (Å²) < 4.78 is 0. The van der Waals surface area contributed by atoms with Crippen LogP contribution in [-0.4, -0.2) is 236 Å². The number of fused-ring (bicyclic) bond motifs is 2. The number of benzene rings is 2. The fraction of sp³-hybridized carbons (Fsp3) is 0.620. The van der Waals surface area contributed by atoms with Gasteiger partial charge in [0.25, 0.3) is 0 Å². The number of rotatable bonds is 54. The molecule has 0 aliphatic rings. The summed E-state index contributed by atoms with van der Waals surface area (Å²) in [7, 11) is 3.23. The minimum absolute atomic E-state index is 0.0469. The van der Waals surface area contributed by atoms with Gasteiger partial charge >= 0.3 is 11.9 Å². The molecule has 37 heteroatoms. The van der Waals surface area contributed by atoms with Crippen LogP contribution < -0.4 is 99.0 Å². The van der Waals surface area contributed by atoms with Gasteiger partial charge < -0.3 is 109 Å². The van der Waals surface area contributed by atoms with E-state index in [1.165, 1.54) is 0 Å². The summed E-state index contributed by atoms with van der Waals surface area (Å²) in [6.07, 6.45) is 4.71. The molecule has 0 fully saturated rings. The van der Waals surface area contributed by atoms with Gasteiger partial charge in [-0.25, -0.2) is 14.6 Å². The number of likely N-dealkylation sites (N-methyl/N-ethyl adjacent to an activating group) is 2. The lowest BCUT2D eigenvalue weighted by atomic mass is 10.0. The molecule has 28 N–H and O–H groups in total. The van der Waals surface area contributed by atoms with E-state index in [9.17, 15) is 67.7 Å². The first-order valence-corrected chi connectivity index (χ1v) is 36.9. The van der Waals surface area contributed by atoms with Crippen molar-refractivity contribution in [1.82, 2.24) is 57.3 Å². The zero-order valence-corrected chi connectivity index (χ0v) is 63.3. The molecule has 0 radical (unpaired) electrons. The molecule has 8 atom stereocenters. The third-order valence-corrected chi connectivity index (χ3v) is 17.4. The number of nitrogens with one attached hydrogen (secondary N) is 10. The lowest BCUT2D eigenvalue weighted by Gasteiger charge is -2.27. The van der Waals surface area contributed by atoms with E-state index in [-0.39, 0.29) is 127 Å². The number of nitrogens with zero attached hydrogens (tertiary/aromatic N) is 5. The average molecular weight is 1520 g/mol. The first kappa shape index (κ1) is 92.3. The highest BCUT2D eigenvalue weighted by molar-refractivity contribution is 6.01. The lowest BCUT2D eigenvalue weighted by molar-refractivity contribution is -0.144. The molecule has 0 aliphatic carbocycles. The number of nitrogens with two attached hydrogens (primary N) is 8. The van der Waals surface area contributed by atoms with Crippen molar-refractivity contribution < 1.29 is 67.7 Å². The molecule has 108 heavy (non-hydrogen) atoms. The third-order valence-electron chi connectivity index (χ3n) is 17.4. The molecule has 1 aromatic heterocycles. The molecule has 1 heterocycles. The van der Waals surface area contributed by atoms with Crippen molar-refractivity contribution in [2.75, 3.05) is 90.2 Å². The fourth-order valence-corrected chi connectivity index (χ4v) is 11.4. The van der Waals surface area contributed by atoms with Gasteiger partial charge in [0, 0.05) is 61.2 Å². The van der Waals surface area contributed by atoms with Gasteiger partial charge in [0.2, 0.25) is 59.1 Å². The predicted octanol–water partition coefficient (Wildman–Crippen LogP) is -2.11. The van der Waals surface area contributed by atoms with Crippen molar-refractivity contribution in [3.63, 3.8) is 0 Å². The fourth-order valence-electron chi connectivity index (χ4n) is 11.4. The Morgan fingerprint density at radius 3 is 0.963 bits per heavy atom. The number of carbonyl (C=O) groups excluding carboxylic acids is 10. The van der Waals surface area contributed by atoms with E-state index >= 15 is 0 Å². The Kier molecular flexibility index (Phi) is 42.6. The summed E-state index contributed by atoms with van der Waals surface area (Å²) >= 11 is 0. The van der Waals surface area contributed by atoms with Crippen LogP contribution in [0.5, 0.6) is 0 Å². The maximum absolute atomic E-state index is 14.1. The van der Waals surface area contributed by atoms with E-state index in [1.54, 1.807) is 88.0 Å². The minimum Gasteiger partial charge on any atom is -0.480 e. The smallest absolute Gasteiger partial charge is 0.326 e. The normalized spacial score (nSPS) is 13.5. The highest BCUT2D eigenvalue weighted by Gasteiger charge is 2.35. The standard InChI is InChI=1S/C71H119N23O14/c1-42(2)60(68(105)106)91-66(103)52(19-9-13-31-74)89-64(101)50(17-7-11-29-72)87-62(99)48(21-15-33-80-70(76)77)85-58(97)40-93(5)35-27-56(95)82-46-25-23-44-37-45-24-26-47(39-55(45)84-54(44)38-46)83-57(96)28-36-94(6)41-59(98)86-49(22-16-34-81-71(78)79)63(100)88-51(18-8-12-30-73)65(102)90-53(20-10-14-32-75)67(104)92-61(43(3)4)69(107)108/h23-26,37-39,42-43,48-53,60-61H,7-22,27-36,40-41,72-75H2,1-6H3,(H,82,95)(H,83,96)(H,85,97)(H,86,98)(H,87,99)(H,88,100)(H,89,101)(H,90,102)(H,91,103)(H,92,104)(H,105,106)(H,107,108)(H4,76,77,80)(H4,78,79,81)/t48-,49-,50-,51-,52-,53-,60-,61-/m0/s1. The van der Waals surface area contributed by atoms with Crippen LogP contribution >= 0.6 is 0 Å². The van der Waals surface area contributed by atoms with Crippen molar-refractivity contribution in [3.8, 4) is 0 Å². The topological polar surface area (TPSA) is 618 Å². The molecule has 37 nitrogen and oxygen atoms in total. The minimum atomic E-state index is -1.24. The number of anilines is 2. The molecular weight excluding hydrogens is 1400 g/mol. The van der Waals surface area contributed by atoms with Gasteiger partial charge in [-0.15, -0.1) is 0 Å². The molecule has 2 aromatic carbocycles. The Labute approximate surface area is 630 Å². The van der Waals surface area contributed by atoms with Crippen LogP contribution in [0.1, 0.15) is 143 Å². The molecule has 0 bridgehead atoms.